The number of hydrogen-bond acceptors (Lipinski definition) is 3. The number of aryl methyl sites for hydroxylation is 4. The van der Waals surface area contributed by atoms with E-state index in [4.69, 9.17) is 0 Å². The number of amides is 1. The summed E-state index contributed by atoms with van der Waals surface area (Å²) in [4.78, 5) is 13.4. The molecule has 5 nitrogen and oxygen atoms in total. The number of nitrogens with zero attached hydrogens (tertiary/aromatic N) is 1. The van der Waals surface area contributed by atoms with E-state index in [9.17, 15) is 13.2 Å². The van der Waals surface area contributed by atoms with Gasteiger partial charge in [0, 0.05) is 17.4 Å². The van der Waals surface area contributed by atoms with Crippen molar-refractivity contribution in [2.24, 2.45) is 0 Å². The molecule has 6 heteroatoms. The van der Waals surface area contributed by atoms with Crippen LogP contribution in [0, 0.1) is 27.7 Å². The number of fused-ring (bicyclic) bond motifs is 1. The lowest BCUT2D eigenvalue weighted by Crippen LogP contribution is -2.32. The Morgan fingerprint density at radius 3 is 2.12 bits per heavy atom. The van der Waals surface area contributed by atoms with Gasteiger partial charge in [0.25, 0.3) is 15.9 Å². The summed E-state index contributed by atoms with van der Waals surface area (Å²) in [6.45, 7) is 8.52. The molecule has 164 valence electrons. The molecule has 4 aromatic rings. The highest BCUT2D eigenvalue weighted by molar-refractivity contribution is 7.90. The van der Waals surface area contributed by atoms with Crippen LogP contribution in [0.1, 0.15) is 38.3 Å². The fourth-order valence-corrected chi connectivity index (χ4v) is 5.35. The van der Waals surface area contributed by atoms with Crippen molar-refractivity contribution in [3.8, 4) is 0 Å². The van der Waals surface area contributed by atoms with Crippen molar-refractivity contribution in [1.82, 2.24) is 9.29 Å². The summed E-state index contributed by atoms with van der Waals surface area (Å²) < 4.78 is 29.8. The maximum Gasteiger partial charge on any atom is 0.281 e. The average molecular weight is 447 g/mol. The van der Waals surface area contributed by atoms with E-state index in [1.807, 2.05) is 35.8 Å². The molecule has 1 aromatic heterocycles. The molecule has 0 saturated heterocycles. The van der Waals surface area contributed by atoms with Gasteiger partial charge in [-0.05, 0) is 68.1 Å². The zero-order valence-corrected chi connectivity index (χ0v) is 19.5. The molecule has 4 rings (SSSR count). The maximum atomic E-state index is 13.3. The Hall–Kier alpha value is -3.38. The van der Waals surface area contributed by atoms with E-state index >= 15 is 0 Å². The SMILES string of the molecule is Cc1cc(C)c(Cn2c(C(=O)NS(=O)(=O)c3ccccc3)c(C)c3ccccc32)c(C)c1. The molecule has 0 aliphatic carbocycles. The Balaban J connectivity index is 1.83. The third-order valence-electron chi connectivity index (χ3n) is 5.88. The van der Waals surface area contributed by atoms with Crippen molar-refractivity contribution in [2.45, 2.75) is 39.1 Å². The first-order valence-electron chi connectivity index (χ1n) is 10.5. The van der Waals surface area contributed by atoms with Crippen molar-refractivity contribution in [2.75, 3.05) is 0 Å². The number of rotatable bonds is 5. The van der Waals surface area contributed by atoms with E-state index in [1.54, 1.807) is 18.2 Å². The van der Waals surface area contributed by atoms with E-state index in [2.05, 4.69) is 37.6 Å². The number of benzene rings is 3. The number of para-hydroxylation sites is 1. The molecule has 0 bridgehead atoms. The first-order chi connectivity index (χ1) is 15.2. The summed E-state index contributed by atoms with van der Waals surface area (Å²) in [5, 5.41) is 0.928. The largest absolute Gasteiger partial charge is 0.332 e. The zero-order valence-electron chi connectivity index (χ0n) is 18.6. The smallest absolute Gasteiger partial charge is 0.281 e. The third kappa shape index (κ3) is 3.94. The van der Waals surface area contributed by atoms with Crippen LogP contribution in [-0.2, 0) is 16.6 Å². The number of hydrogen-bond donors (Lipinski definition) is 1. The lowest BCUT2D eigenvalue weighted by molar-refractivity contribution is 0.0972. The van der Waals surface area contributed by atoms with Crippen LogP contribution < -0.4 is 4.72 Å². The summed E-state index contributed by atoms with van der Waals surface area (Å²) in [7, 11) is -3.99. The normalized spacial score (nSPS) is 11.6. The molecule has 0 fully saturated rings. The summed E-state index contributed by atoms with van der Waals surface area (Å²) >= 11 is 0. The van der Waals surface area contributed by atoms with Crippen molar-refractivity contribution in [1.29, 1.82) is 0 Å². The Bertz CT molecular complexity index is 1410. The molecule has 0 spiro atoms. The number of sulfonamides is 1. The van der Waals surface area contributed by atoms with Crippen LogP contribution in [0.5, 0.6) is 0 Å². The van der Waals surface area contributed by atoms with Gasteiger partial charge in [-0.1, -0.05) is 54.1 Å². The molecule has 0 atom stereocenters. The Kier molecular flexibility index (Phi) is 5.65. The van der Waals surface area contributed by atoms with Crippen molar-refractivity contribution >= 4 is 26.8 Å². The van der Waals surface area contributed by atoms with Gasteiger partial charge in [0.15, 0.2) is 0 Å². The number of nitrogens with one attached hydrogen (secondary N) is 1. The van der Waals surface area contributed by atoms with Crippen LogP contribution in [0.25, 0.3) is 10.9 Å². The standard InChI is InChI=1S/C26H26N2O3S/c1-17-14-18(2)23(19(3)15-17)16-28-24-13-9-8-12-22(24)20(4)25(28)26(29)27-32(30,31)21-10-6-5-7-11-21/h5-15H,16H2,1-4H3,(H,27,29). The summed E-state index contributed by atoms with van der Waals surface area (Å²) in [6.07, 6.45) is 0. The third-order valence-corrected chi connectivity index (χ3v) is 7.22. The van der Waals surface area contributed by atoms with E-state index in [0.717, 1.165) is 33.2 Å². The second kappa shape index (κ2) is 8.28. The first kappa shape index (κ1) is 21.8. The van der Waals surface area contributed by atoms with Crippen LogP contribution in [0.2, 0.25) is 0 Å². The van der Waals surface area contributed by atoms with Crippen LogP contribution in [-0.4, -0.2) is 18.9 Å². The summed E-state index contributed by atoms with van der Waals surface area (Å²) in [6, 6.07) is 19.9. The van der Waals surface area contributed by atoms with E-state index in [0.29, 0.717) is 12.2 Å². The van der Waals surface area contributed by atoms with E-state index < -0.39 is 15.9 Å². The topological polar surface area (TPSA) is 68.2 Å². The second-order valence-corrected chi connectivity index (χ2v) is 9.88. The highest BCUT2D eigenvalue weighted by atomic mass is 32.2. The molecule has 3 aromatic carbocycles. The van der Waals surface area contributed by atoms with Gasteiger partial charge in [-0.2, -0.15) is 0 Å². The molecule has 0 saturated carbocycles. The predicted molar refractivity (Wildman–Crippen MR) is 128 cm³/mol. The molecule has 0 unspecified atom stereocenters. The van der Waals surface area contributed by atoms with Gasteiger partial charge in [0.05, 0.1) is 4.90 Å². The lowest BCUT2D eigenvalue weighted by Gasteiger charge is -2.16. The van der Waals surface area contributed by atoms with Gasteiger partial charge < -0.3 is 4.57 Å². The maximum absolute atomic E-state index is 13.3. The van der Waals surface area contributed by atoms with Gasteiger partial charge in [0.1, 0.15) is 5.69 Å². The minimum absolute atomic E-state index is 0.0545. The van der Waals surface area contributed by atoms with Crippen molar-refractivity contribution < 1.29 is 13.2 Å². The second-order valence-electron chi connectivity index (χ2n) is 8.20. The van der Waals surface area contributed by atoms with Crippen LogP contribution in [0.15, 0.2) is 71.6 Å². The molecule has 32 heavy (non-hydrogen) atoms. The molecule has 0 radical (unpaired) electrons. The lowest BCUT2D eigenvalue weighted by atomic mass is 9.99. The Labute approximate surface area is 188 Å². The van der Waals surface area contributed by atoms with Gasteiger partial charge >= 0.3 is 0 Å². The van der Waals surface area contributed by atoms with Gasteiger partial charge in [0.2, 0.25) is 0 Å². The molecular weight excluding hydrogens is 420 g/mol. The summed E-state index contributed by atoms with van der Waals surface area (Å²) in [5.41, 5.74) is 6.59. The van der Waals surface area contributed by atoms with Gasteiger partial charge in [-0.3, -0.25) is 4.79 Å². The molecule has 1 N–H and O–H groups in total. The quantitative estimate of drug-likeness (QED) is 0.467. The zero-order chi connectivity index (χ0) is 23.0. The highest BCUT2D eigenvalue weighted by Crippen LogP contribution is 2.28. The van der Waals surface area contributed by atoms with Crippen molar-refractivity contribution in [3.63, 3.8) is 0 Å². The molecule has 0 aliphatic rings. The average Bonchev–Trinajstić information content (AvgIpc) is 3.03. The number of carbonyl (C=O) groups excluding carboxylic acids is 1. The fourth-order valence-electron chi connectivity index (χ4n) is 4.38. The predicted octanol–water partition coefficient (Wildman–Crippen LogP) is 5.04. The summed E-state index contributed by atoms with van der Waals surface area (Å²) in [5.74, 6) is -0.634. The van der Waals surface area contributed by atoms with E-state index in [-0.39, 0.29) is 4.90 Å². The molecular formula is C26H26N2O3S. The minimum atomic E-state index is -3.99. The number of carbonyl (C=O) groups is 1. The fraction of sp³-hybridized carbons (Fsp3) is 0.192. The van der Waals surface area contributed by atoms with Crippen LogP contribution in [0.3, 0.4) is 0 Å². The van der Waals surface area contributed by atoms with Crippen LogP contribution >= 0.6 is 0 Å². The Morgan fingerprint density at radius 2 is 1.47 bits per heavy atom. The first-order valence-corrected chi connectivity index (χ1v) is 11.9. The monoisotopic (exact) mass is 446 g/mol. The molecule has 0 aliphatic heterocycles. The van der Waals surface area contributed by atoms with E-state index in [1.165, 1.54) is 17.7 Å². The number of aromatic nitrogens is 1. The van der Waals surface area contributed by atoms with Gasteiger partial charge in [-0.15, -0.1) is 0 Å². The van der Waals surface area contributed by atoms with Gasteiger partial charge in [-0.25, -0.2) is 13.1 Å². The highest BCUT2D eigenvalue weighted by Gasteiger charge is 2.25. The van der Waals surface area contributed by atoms with Crippen molar-refractivity contribution in [3.05, 3.63) is 100 Å². The molecule has 1 heterocycles. The van der Waals surface area contributed by atoms with Crippen LogP contribution in [0.4, 0.5) is 0 Å². The molecule has 1 amide bonds. The minimum Gasteiger partial charge on any atom is -0.332 e. The Morgan fingerprint density at radius 1 is 0.875 bits per heavy atom.